The number of para-hydroxylation sites is 1. The first kappa shape index (κ1) is 13.4. The molecular weight excluding hydrogens is 336 g/mol. The second-order valence-electron chi connectivity index (χ2n) is 4.48. The fourth-order valence-electron chi connectivity index (χ4n) is 2.11. The molecule has 0 aliphatic heterocycles. The van der Waals surface area contributed by atoms with Crippen molar-refractivity contribution in [2.75, 3.05) is 5.32 Å². The average molecular weight is 348 g/mol. The molecule has 0 radical (unpaired) electrons. The van der Waals surface area contributed by atoms with Crippen LogP contribution < -0.4 is 5.32 Å². The topological polar surface area (TPSA) is 24.9 Å². The van der Waals surface area contributed by atoms with Crippen LogP contribution in [0.2, 0.25) is 5.02 Å². The maximum absolute atomic E-state index is 6.17. The lowest BCUT2D eigenvalue weighted by Crippen LogP contribution is -2.01. The van der Waals surface area contributed by atoms with E-state index in [1.165, 1.54) is 0 Å². The number of aromatic nitrogens is 1. The van der Waals surface area contributed by atoms with Crippen molar-refractivity contribution in [1.29, 1.82) is 0 Å². The van der Waals surface area contributed by atoms with Crippen LogP contribution in [-0.4, -0.2) is 4.98 Å². The highest BCUT2D eigenvalue weighted by Gasteiger charge is 2.04. The van der Waals surface area contributed by atoms with Crippen LogP contribution in [0, 0.1) is 0 Å². The summed E-state index contributed by atoms with van der Waals surface area (Å²) in [5, 5.41) is 5.28. The molecule has 100 valence electrons. The number of pyridine rings is 1. The molecule has 4 heteroatoms. The van der Waals surface area contributed by atoms with Gasteiger partial charge in [-0.25, -0.2) is 0 Å². The van der Waals surface area contributed by atoms with Gasteiger partial charge < -0.3 is 5.32 Å². The van der Waals surface area contributed by atoms with Gasteiger partial charge in [-0.2, -0.15) is 0 Å². The van der Waals surface area contributed by atoms with Gasteiger partial charge in [0, 0.05) is 27.6 Å². The van der Waals surface area contributed by atoms with E-state index in [1.54, 1.807) is 0 Å². The van der Waals surface area contributed by atoms with Gasteiger partial charge in [0.05, 0.1) is 11.2 Å². The van der Waals surface area contributed by atoms with E-state index in [0.717, 1.165) is 31.6 Å². The number of hydrogen-bond acceptors (Lipinski definition) is 2. The van der Waals surface area contributed by atoms with Crippen LogP contribution in [0.1, 0.15) is 5.56 Å². The molecule has 0 saturated carbocycles. The summed E-state index contributed by atoms with van der Waals surface area (Å²) in [5.41, 5.74) is 3.04. The minimum absolute atomic E-state index is 0.677. The molecule has 0 amide bonds. The largest absolute Gasteiger partial charge is 0.379 e. The number of rotatable bonds is 3. The summed E-state index contributed by atoms with van der Waals surface area (Å²) < 4.78 is 0.980. The minimum Gasteiger partial charge on any atom is -0.379 e. The number of nitrogens with one attached hydrogen (secondary N) is 1. The smallest absolute Gasteiger partial charge is 0.0934 e. The number of halogens is 2. The lowest BCUT2D eigenvalue weighted by atomic mass is 10.1. The van der Waals surface area contributed by atoms with Gasteiger partial charge in [-0.05, 0) is 39.7 Å². The lowest BCUT2D eigenvalue weighted by molar-refractivity contribution is 1.15. The van der Waals surface area contributed by atoms with Crippen LogP contribution in [0.15, 0.2) is 59.2 Å². The second kappa shape index (κ2) is 5.81. The fraction of sp³-hybridized carbons (Fsp3) is 0.0625. The predicted octanol–water partition coefficient (Wildman–Crippen LogP) is 5.26. The molecule has 0 unspecified atom stereocenters. The summed E-state index contributed by atoms with van der Waals surface area (Å²) in [6.07, 6.45) is 1.81. The third-order valence-electron chi connectivity index (χ3n) is 3.10. The van der Waals surface area contributed by atoms with Crippen molar-refractivity contribution >= 4 is 44.1 Å². The molecule has 0 fully saturated rings. The molecule has 0 spiro atoms. The minimum atomic E-state index is 0.677. The van der Waals surface area contributed by atoms with Crippen LogP contribution in [-0.2, 0) is 6.54 Å². The Morgan fingerprint density at radius 3 is 2.80 bits per heavy atom. The number of nitrogens with zero attached hydrogens (tertiary/aromatic N) is 1. The van der Waals surface area contributed by atoms with E-state index >= 15 is 0 Å². The number of fused-ring (bicyclic) bond motifs is 1. The standard InChI is InChI=1S/C16H12BrClN2/c17-13-8-11-5-3-7-15(16(11)20-10-13)19-9-12-4-1-2-6-14(12)18/h1-8,10,19H,9H2. The monoisotopic (exact) mass is 346 g/mol. The summed E-state index contributed by atoms with van der Waals surface area (Å²) in [4.78, 5) is 4.47. The zero-order valence-electron chi connectivity index (χ0n) is 10.6. The van der Waals surface area contributed by atoms with Crippen molar-refractivity contribution in [2.24, 2.45) is 0 Å². The Kier molecular flexibility index (Phi) is 3.90. The Morgan fingerprint density at radius 1 is 1.10 bits per heavy atom. The first-order valence-corrected chi connectivity index (χ1v) is 7.43. The Morgan fingerprint density at radius 2 is 1.95 bits per heavy atom. The average Bonchev–Trinajstić information content (AvgIpc) is 2.46. The van der Waals surface area contributed by atoms with E-state index in [0.29, 0.717) is 6.54 Å². The third kappa shape index (κ3) is 2.79. The third-order valence-corrected chi connectivity index (χ3v) is 3.91. The Hall–Kier alpha value is -1.58. The molecule has 1 N–H and O–H groups in total. The maximum atomic E-state index is 6.17. The normalized spacial score (nSPS) is 10.7. The molecule has 0 aliphatic rings. The van der Waals surface area contributed by atoms with Crippen LogP contribution in [0.4, 0.5) is 5.69 Å². The molecule has 3 aromatic rings. The zero-order chi connectivity index (χ0) is 13.9. The molecule has 0 saturated heterocycles. The molecule has 2 aromatic carbocycles. The van der Waals surface area contributed by atoms with E-state index in [-0.39, 0.29) is 0 Å². The molecule has 0 aliphatic carbocycles. The van der Waals surface area contributed by atoms with Crippen molar-refractivity contribution in [1.82, 2.24) is 4.98 Å². The predicted molar refractivity (Wildman–Crippen MR) is 88.2 cm³/mol. The highest BCUT2D eigenvalue weighted by molar-refractivity contribution is 9.10. The Balaban J connectivity index is 1.90. The van der Waals surface area contributed by atoms with E-state index < -0.39 is 0 Å². The molecule has 20 heavy (non-hydrogen) atoms. The zero-order valence-corrected chi connectivity index (χ0v) is 12.9. The van der Waals surface area contributed by atoms with Crippen molar-refractivity contribution in [3.63, 3.8) is 0 Å². The van der Waals surface area contributed by atoms with Gasteiger partial charge in [-0.15, -0.1) is 0 Å². The van der Waals surface area contributed by atoms with E-state index in [2.05, 4.69) is 32.3 Å². The van der Waals surface area contributed by atoms with Gasteiger partial charge in [0.1, 0.15) is 0 Å². The summed E-state index contributed by atoms with van der Waals surface area (Å²) in [6, 6.07) is 16.0. The quantitative estimate of drug-likeness (QED) is 0.699. The molecule has 3 rings (SSSR count). The van der Waals surface area contributed by atoms with Crippen LogP contribution in [0.5, 0.6) is 0 Å². The van der Waals surface area contributed by atoms with Gasteiger partial charge in [-0.1, -0.05) is 41.9 Å². The fourth-order valence-corrected chi connectivity index (χ4v) is 2.66. The summed E-state index contributed by atoms with van der Waals surface area (Å²) in [5.74, 6) is 0. The van der Waals surface area contributed by atoms with Gasteiger partial charge >= 0.3 is 0 Å². The van der Waals surface area contributed by atoms with Gasteiger partial charge in [0.25, 0.3) is 0 Å². The van der Waals surface area contributed by atoms with Gasteiger partial charge in [-0.3, -0.25) is 4.98 Å². The molecule has 1 heterocycles. The summed E-state index contributed by atoms with van der Waals surface area (Å²) >= 11 is 9.61. The number of benzene rings is 2. The van der Waals surface area contributed by atoms with Crippen LogP contribution >= 0.6 is 27.5 Å². The van der Waals surface area contributed by atoms with Gasteiger partial charge in [0.15, 0.2) is 0 Å². The van der Waals surface area contributed by atoms with Crippen molar-refractivity contribution in [3.8, 4) is 0 Å². The van der Waals surface area contributed by atoms with Crippen molar-refractivity contribution < 1.29 is 0 Å². The Bertz CT molecular complexity index is 758. The lowest BCUT2D eigenvalue weighted by Gasteiger charge is -2.10. The molecule has 0 bridgehead atoms. The molecule has 2 nitrogen and oxygen atoms in total. The highest BCUT2D eigenvalue weighted by Crippen LogP contribution is 2.25. The molecule has 1 aromatic heterocycles. The molecule has 0 atom stereocenters. The number of hydrogen-bond donors (Lipinski definition) is 1. The van der Waals surface area contributed by atoms with E-state index in [1.807, 2.05) is 48.7 Å². The second-order valence-corrected chi connectivity index (χ2v) is 5.80. The summed E-state index contributed by atoms with van der Waals surface area (Å²) in [6.45, 7) is 0.677. The van der Waals surface area contributed by atoms with E-state index in [9.17, 15) is 0 Å². The first-order valence-electron chi connectivity index (χ1n) is 6.25. The SMILES string of the molecule is Clc1ccccc1CNc1cccc2cc(Br)cnc12. The van der Waals surface area contributed by atoms with Gasteiger partial charge in [0.2, 0.25) is 0 Å². The molecular formula is C16H12BrClN2. The maximum Gasteiger partial charge on any atom is 0.0934 e. The Labute approximate surface area is 130 Å². The first-order chi connectivity index (χ1) is 9.74. The summed E-state index contributed by atoms with van der Waals surface area (Å²) in [7, 11) is 0. The highest BCUT2D eigenvalue weighted by atomic mass is 79.9. The van der Waals surface area contributed by atoms with Crippen molar-refractivity contribution in [3.05, 3.63) is 69.8 Å². The van der Waals surface area contributed by atoms with E-state index in [4.69, 9.17) is 11.6 Å². The van der Waals surface area contributed by atoms with Crippen LogP contribution in [0.3, 0.4) is 0 Å². The number of anilines is 1. The van der Waals surface area contributed by atoms with Crippen LogP contribution in [0.25, 0.3) is 10.9 Å². The van der Waals surface area contributed by atoms with Crippen molar-refractivity contribution in [2.45, 2.75) is 6.54 Å².